The molecule has 1 aromatic rings. The Morgan fingerprint density at radius 1 is 1.26 bits per heavy atom. The van der Waals surface area contributed by atoms with E-state index >= 15 is 0 Å². The Morgan fingerprint density at radius 2 is 1.94 bits per heavy atom. The Kier molecular flexibility index (Phi) is 6.96. The fourth-order valence-electron chi connectivity index (χ4n) is 5.54. The molecule has 3 heterocycles. The van der Waals surface area contributed by atoms with Crippen molar-refractivity contribution in [3.8, 4) is 5.75 Å². The largest absolute Gasteiger partial charge is 0.494 e. The number of fused-ring (bicyclic) bond motifs is 1. The fraction of sp³-hybridized carbons (Fsp3) is 0.625. The van der Waals surface area contributed by atoms with E-state index in [1.807, 2.05) is 27.7 Å². The summed E-state index contributed by atoms with van der Waals surface area (Å²) in [4.78, 5) is 42.1. The monoisotopic (exact) mass is 553 g/mol. The van der Waals surface area contributed by atoms with E-state index < -0.39 is 28.2 Å². The summed E-state index contributed by atoms with van der Waals surface area (Å²) in [7, 11) is 0. The van der Waals surface area contributed by atoms with Crippen molar-refractivity contribution in [2.24, 2.45) is 11.8 Å². The smallest absolute Gasteiger partial charge is 0.244 e. The Morgan fingerprint density at radius 3 is 2.53 bits per heavy atom. The molecule has 3 saturated heterocycles. The number of ether oxygens (including phenoxy) is 1. The lowest BCUT2D eigenvalue weighted by Gasteiger charge is -2.36. The van der Waals surface area contributed by atoms with Crippen molar-refractivity contribution in [3.63, 3.8) is 0 Å². The molecule has 3 fully saturated rings. The third kappa shape index (κ3) is 4.33. The van der Waals surface area contributed by atoms with Gasteiger partial charge in [0.1, 0.15) is 11.8 Å². The molecule has 3 aliphatic rings. The summed E-state index contributed by atoms with van der Waals surface area (Å²) in [5.74, 6) is -1.20. The molecule has 3 N–H and O–H groups in total. The summed E-state index contributed by atoms with van der Waals surface area (Å²) in [5.41, 5.74) is 0.153. The number of benzene rings is 1. The first kappa shape index (κ1) is 25.3. The van der Waals surface area contributed by atoms with Gasteiger partial charge in [0.2, 0.25) is 17.7 Å². The third-order valence-electron chi connectivity index (χ3n) is 6.61. The first-order chi connectivity index (χ1) is 16.0. The van der Waals surface area contributed by atoms with Crippen molar-refractivity contribution in [1.82, 2.24) is 10.2 Å². The molecule has 8 nitrogen and oxygen atoms in total. The van der Waals surface area contributed by atoms with Crippen LogP contribution in [-0.4, -0.2) is 73.9 Å². The number of halogens is 1. The molecule has 4 rings (SSSR count). The Balaban J connectivity index is 1.64. The summed E-state index contributed by atoms with van der Waals surface area (Å²) < 4.78 is 4.74. The number of amides is 3. The topological polar surface area (TPSA) is 108 Å². The molecule has 0 saturated carbocycles. The lowest BCUT2D eigenvalue weighted by atomic mass is 9.70. The molecule has 3 amide bonds. The summed E-state index contributed by atoms with van der Waals surface area (Å²) in [5, 5.41) is 15.5. The Hall–Kier alpha value is -1.78. The van der Waals surface area contributed by atoms with Crippen molar-refractivity contribution < 1.29 is 24.2 Å². The van der Waals surface area contributed by atoms with Gasteiger partial charge in [0, 0.05) is 27.8 Å². The normalized spacial score (nSPS) is 32.0. The van der Waals surface area contributed by atoms with Crippen LogP contribution in [0.2, 0.25) is 0 Å². The van der Waals surface area contributed by atoms with Gasteiger partial charge >= 0.3 is 0 Å². The minimum atomic E-state index is -0.741. The number of rotatable bonds is 7. The number of aliphatic hydroxyl groups excluding tert-OH is 1. The molecular formula is C24H32BrN3O5S. The van der Waals surface area contributed by atoms with Crippen LogP contribution < -0.4 is 15.4 Å². The first-order valence-electron chi connectivity index (χ1n) is 11.6. The number of β-amino-alcohol motifs (C(OH)–C–C–N with tert-alkyl or cyclic N) is 1. The Labute approximate surface area is 212 Å². The number of hydrogen-bond acceptors (Lipinski definition) is 6. The van der Waals surface area contributed by atoms with Gasteiger partial charge in [-0.25, -0.2) is 0 Å². The number of carbonyl (C=O) groups is 3. The van der Waals surface area contributed by atoms with E-state index in [0.29, 0.717) is 24.5 Å². The average molecular weight is 555 g/mol. The number of anilines is 1. The molecule has 1 aromatic carbocycles. The number of aliphatic hydroxyl groups is 1. The summed E-state index contributed by atoms with van der Waals surface area (Å²) in [6.07, 6.45) is 0.607. The van der Waals surface area contributed by atoms with Crippen LogP contribution in [0.15, 0.2) is 24.3 Å². The predicted molar refractivity (Wildman–Crippen MR) is 135 cm³/mol. The van der Waals surface area contributed by atoms with Gasteiger partial charge in [-0.3, -0.25) is 14.4 Å². The number of hydrogen-bond donors (Lipinski definition) is 3. The molecule has 3 unspecified atom stereocenters. The second kappa shape index (κ2) is 9.35. The van der Waals surface area contributed by atoms with Crippen molar-refractivity contribution in [1.29, 1.82) is 0 Å². The van der Waals surface area contributed by atoms with Gasteiger partial charge in [0.15, 0.2) is 0 Å². The van der Waals surface area contributed by atoms with E-state index in [1.165, 1.54) is 4.90 Å². The van der Waals surface area contributed by atoms with E-state index in [-0.39, 0.29) is 41.0 Å². The molecule has 0 radical (unpaired) electrons. The molecule has 3 aliphatic heterocycles. The highest BCUT2D eigenvalue weighted by Gasteiger charge is 2.75. The zero-order valence-electron chi connectivity index (χ0n) is 19.8. The maximum atomic E-state index is 13.6. The molecule has 6 atom stereocenters. The van der Waals surface area contributed by atoms with Crippen LogP contribution in [0.5, 0.6) is 5.75 Å². The molecule has 10 heteroatoms. The number of alkyl halides is 1. The molecule has 1 spiro atoms. The van der Waals surface area contributed by atoms with Crippen LogP contribution in [-0.2, 0) is 14.4 Å². The highest BCUT2D eigenvalue weighted by atomic mass is 79.9. The van der Waals surface area contributed by atoms with Crippen LogP contribution in [0.25, 0.3) is 0 Å². The Bertz CT molecular complexity index is 968. The van der Waals surface area contributed by atoms with Crippen LogP contribution in [0, 0.1) is 11.8 Å². The van der Waals surface area contributed by atoms with E-state index in [1.54, 1.807) is 36.0 Å². The van der Waals surface area contributed by atoms with E-state index in [0.717, 1.165) is 0 Å². The first-order valence-corrected chi connectivity index (χ1v) is 13.4. The van der Waals surface area contributed by atoms with Crippen molar-refractivity contribution in [2.45, 2.75) is 60.5 Å². The SMILES string of the molecule is CCOc1ccc(NC(=O)[C@H]2[C@@H]3SC4(CC3Br)C(C(=O)NC(C)(C)C)N(CCO)C(=O)[C@H]24)cc1. The summed E-state index contributed by atoms with van der Waals surface area (Å²) in [6.45, 7) is 7.96. The van der Waals surface area contributed by atoms with E-state index in [4.69, 9.17) is 4.74 Å². The van der Waals surface area contributed by atoms with Gasteiger partial charge in [0.05, 0.1) is 29.8 Å². The highest BCUT2D eigenvalue weighted by Crippen LogP contribution is 2.67. The average Bonchev–Trinajstić information content (AvgIpc) is 3.32. The summed E-state index contributed by atoms with van der Waals surface area (Å²) in [6, 6.07) is 6.40. The molecule has 186 valence electrons. The fourth-order valence-corrected chi connectivity index (χ4v) is 9.16. The van der Waals surface area contributed by atoms with Gasteiger partial charge in [-0.15, -0.1) is 11.8 Å². The second-order valence-corrected chi connectivity index (χ2v) is 12.8. The van der Waals surface area contributed by atoms with Gasteiger partial charge in [-0.2, -0.15) is 0 Å². The highest BCUT2D eigenvalue weighted by molar-refractivity contribution is 9.09. The van der Waals surface area contributed by atoms with Gasteiger partial charge < -0.3 is 25.4 Å². The molecule has 2 bridgehead atoms. The number of nitrogens with zero attached hydrogens (tertiary/aromatic N) is 1. The van der Waals surface area contributed by atoms with Crippen molar-refractivity contribution in [2.75, 3.05) is 25.1 Å². The zero-order chi connectivity index (χ0) is 24.8. The van der Waals surface area contributed by atoms with Crippen molar-refractivity contribution >= 4 is 51.1 Å². The van der Waals surface area contributed by atoms with Crippen LogP contribution in [0.3, 0.4) is 0 Å². The summed E-state index contributed by atoms with van der Waals surface area (Å²) >= 11 is 5.31. The van der Waals surface area contributed by atoms with E-state index in [9.17, 15) is 19.5 Å². The molecule has 34 heavy (non-hydrogen) atoms. The maximum Gasteiger partial charge on any atom is 0.244 e. The lowest BCUT2D eigenvalue weighted by Crippen LogP contribution is -2.57. The molecular weight excluding hydrogens is 522 g/mol. The van der Waals surface area contributed by atoms with Crippen molar-refractivity contribution in [3.05, 3.63) is 24.3 Å². The second-order valence-electron chi connectivity index (χ2n) is 10.1. The number of carbonyl (C=O) groups excluding carboxylic acids is 3. The standard InChI is InChI=1S/C24H32BrN3O5S/c1-5-33-14-8-6-13(7-9-14)26-20(30)16-17-22(32)28(10-11-29)19(21(31)27-23(2,3)4)24(17)12-15(25)18(16)34-24/h6-9,15-19,29H,5,10-12H2,1-4H3,(H,26,30)(H,27,31)/t15?,16-,17+,18-,19?,24?/m1/s1. The third-order valence-corrected chi connectivity index (χ3v) is 9.83. The molecule has 0 aromatic heterocycles. The minimum Gasteiger partial charge on any atom is -0.494 e. The van der Waals surface area contributed by atoms with E-state index in [2.05, 4.69) is 26.6 Å². The zero-order valence-corrected chi connectivity index (χ0v) is 22.2. The van der Waals surface area contributed by atoms with Gasteiger partial charge in [-0.05, 0) is 58.4 Å². The van der Waals surface area contributed by atoms with Crippen LogP contribution in [0.1, 0.15) is 34.1 Å². The maximum absolute atomic E-state index is 13.6. The van der Waals surface area contributed by atoms with Crippen LogP contribution >= 0.6 is 27.7 Å². The lowest BCUT2D eigenvalue weighted by molar-refractivity contribution is -0.139. The predicted octanol–water partition coefficient (Wildman–Crippen LogP) is 2.40. The van der Waals surface area contributed by atoms with Gasteiger partial charge in [0.25, 0.3) is 0 Å². The van der Waals surface area contributed by atoms with Gasteiger partial charge in [-0.1, -0.05) is 15.9 Å². The van der Waals surface area contributed by atoms with Crippen LogP contribution in [0.4, 0.5) is 5.69 Å². The molecule has 0 aliphatic carbocycles. The quantitative estimate of drug-likeness (QED) is 0.447. The minimum absolute atomic E-state index is 0.00311. The number of likely N-dealkylation sites (tertiary alicyclic amines) is 1. The number of nitrogens with one attached hydrogen (secondary N) is 2. The number of thioether (sulfide) groups is 1.